The molecule has 2 aliphatic rings. The summed E-state index contributed by atoms with van der Waals surface area (Å²) < 4.78 is 0. The second kappa shape index (κ2) is 5.95. The maximum absolute atomic E-state index is 13.1. The zero-order valence-corrected chi connectivity index (χ0v) is 14.2. The lowest BCUT2D eigenvalue weighted by atomic mass is 9.64. The van der Waals surface area contributed by atoms with E-state index in [1.165, 1.54) is 0 Å². The van der Waals surface area contributed by atoms with Crippen molar-refractivity contribution >= 4 is 17.4 Å². The average molecular weight is 311 g/mol. The van der Waals surface area contributed by atoms with Gasteiger partial charge in [0, 0.05) is 12.6 Å². The molecule has 1 heterocycles. The maximum Gasteiger partial charge on any atom is 0.238 e. The summed E-state index contributed by atoms with van der Waals surface area (Å²) >= 11 is 0. The Kier molecular flexibility index (Phi) is 4.13. The Labute approximate surface area is 138 Å². The number of rotatable bonds is 2. The lowest BCUT2D eigenvalue weighted by Crippen LogP contribution is -2.48. The smallest absolute Gasteiger partial charge is 0.238 e. The van der Waals surface area contributed by atoms with Crippen LogP contribution in [-0.2, 0) is 4.79 Å². The predicted octanol–water partition coefficient (Wildman–Crippen LogP) is 4.09. The second-order valence-corrected chi connectivity index (χ2v) is 7.29. The van der Waals surface area contributed by atoms with Crippen molar-refractivity contribution in [2.24, 2.45) is 23.7 Å². The van der Waals surface area contributed by atoms with E-state index in [0.29, 0.717) is 11.5 Å². The Bertz CT molecular complexity index is 663. The van der Waals surface area contributed by atoms with Gasteiger partial charge in [-0.3, -0.25) is 9.59 Å². The van der Waals surface area contributed by atoms with Gasteiger partial charge in [0.15, 0.2) is 5.78 Å². The fraction of sp³-hybridized carbons (Fsp3) is 0.500. The zero-order valence-electron chi connectivity index (χ0n) is 14.2. The number of carbonyl (C=O) groups excluding carboxylic acids is 2. The molecule has 1 aromatic rings. The molecule has 2 unspecified atom stereocenters. The largest absolute Gasteiger partial charge is 0.314 e. The number of ketones is 1. The fourth-order valence-corrected chi connectivity index (χ4v) is 4.36. The molecule has 122 valence electrons. The SMILES string of the molecule is C=C(C)[C@@H]1CCC(C)C[C@H]1C1C(=O)c2ccccc2N(C)C1=O. The molecule has 0 N–H and O–H groups in total. The van der Waals surface area contributed by atoms with Crippen LogP contribution in [0, 0.1) is 23.7 Å². The monoisotopic (exact) mass is 311 g/mol. The van der Waals surface area contributed by atoms with Gasteiger partial charge in [0.2, 0.25) is 5.91 Å². The topological polar surface area (TPSA) is 37.4 Å². The highest BCUT2D eigenvalue weighted by molar-refractivity contribution is 6.21. The maximum atomic E-state index is 13.1. The number of allylic oxidation sites excluding steroid dienone is 1. The standard InChI is InChI=1S/C20H25NO2/c1-12(2)14-10-9-13(3)11-16(14)18-19(22)15-7-5-6-8-17(15)21(4)20(18)23/h5-8,13-14,16,18H,1,9-11H2,2-4H3/t13?,14-,16+,18?/m0/s1. The Morgan fingerprint density at radius 2 is 1.91 bits per heavy atom. The van der Waals surface area contributed by atoms with E-state index in [-0.39, 0.29) is 23.5 Å². The number of anilines is 1. The molecule has 1 aliphatic heterocycles. The third-order valence-corrected chi connectivity index (χ3v) is 5.63. The van der Waals surface area contributed by atoms with E-state index < -0.39 is 5.92 Å². The van der Waals surface area contributed by atoms with Crippen molar-refractivity contribution in [1.29, 1.82) is 0 Å². The summed E-state index contributed by atoms with van der Waals surface area (Å²) in [7, 11) is 1.78. The van der Waals surface area contributed by atoms with Gasteiger partial charge in [0.1, 0.15) is 5.92 Å². The van der Waals surface area contributed by atoms with Crippen LogP contribution in [0.15, 0.2) is 36.4 Å². The third-order valence-electron chi connectivity index (χ3n) is 5.63. The molecule has 0 radical (unpaired) electrons. The van der Waals surface area contributed by atoms with Gasteiger partial charge in [-0.05, 0) is 49.7 Å². The summed E-state index contributed by atoms with van der Waals surface area (Å²) in [5.74, 6) is 0.279. The van der Waals surface area contributed by atoms with Gasteiger partial charge in [-0.25, -0.2) is 0 Å². The minimum absolute atomic E-state index is 0.00551. The van der Waals surface area contributed by atoms with Gasteiger partial charge < -0.3 is 4.90 Å². The number of amides is 1. The molecule has 23 heavy (non-hydrogen) atoms. The van der Waals surface area contributed by atoms with Gasteiger partial charge in [-0.2, -0.15) is 0 Å². The average Bonchev–Trinajstić information content (AvgIpc) is 2.53. The fourth-order valence-electron chi connectivity index (χ4n) is 4.36. The summed E-state index contributed by atoms with van der Waals surface area (Å²) in [5.41, 5.74) is 2.51. The molecule has 1 saturated carbocycles. The van der Waals surface area contributed by atoms with Gasteiger partial charge in [-0.1, -0.05) is 37.6 Å². The highest BCUT2D eigenvalue weighted by Crippen LogP contribution is 2.45. The lowest BCUT2D eigenvalue weighted by molar-refractivity contribution is -0.123. The van der Waals surface area contributed by atoms with Crippen LogP contribution in [0.4, 0.5) is 5.69 Å². The summed E-state index contributed by atoms with van der Waals surface area (Å²) in [6.45, 7) is 8.38. The Morgan fingerprint density at radius 3 is 2.61 bits per heavy atom. The van der Waals surface area contributed by atoms with Crippen LogP contribution in [0.25, 0.3) is 0 Å². The first-order valence-electron chi connectivity index (χ1n) is 8.48. The van der Waals surface area contributed by atoms with Crippen LogP contribution in [0.2, 0.25) is 0 Å². The minimum Gasteiger partial charge on any atom is -0.314 e. The van der Waals surface area contributed by atoms with Crippen molar-refractivity contribution < 1.29 is 9.59 Å². The number of nitrogens with zero attached hydrogens (tertiary/aromatic N) is 1. The Morgan fingerprint density at radius 1 is 1.22 bits per heavy atom. The molecule has 0 bridgehead atoms. The molecule has 0 saturated heterocycles. The van der Waals surface area contributed by atoms with Crippen LogP contribution in [-0.4, -0.2) is 18.7 Å². The first kappa shape index (κ1) is 16.0. The number of fused-ring (bicyclic) bond motifs is 1. The Balaban J connectivity index is 2.03. The van der Waals surface area contributed by atoms with Crippen molar-refractivity contribution in [2.75, 3.05) is 11.9 Å². The number of hydrogen-bond donors (Lipinski definition) is 0. The molecule has 1 aliphatic carbocycles. The molecule has 0 spiro atoms. The van der Waals surface area contributed by atoms with Gasteiger partial charge >= 0.3 is 0 Å². The first-order chi connectivity index (χ1) is 10.9. The molecule has 0 aromatic heterocycles. The molecule has 3 nitrogen and oxygen atoms in total. The van der Waals surface area contributed by atoms with Gasteiger partial charge in [0.05, 0.1) is 5.69 Å². The van der Waals surface area contributed by atoms with Gasteiger partial charge in [-0.15, -0.1) is 0 Å². The Hall–Kier alpha value is -1.90. The van der Waals surface area contributed by atoms with Crippen molar-refractivity contribution in [3.8, 4) is 0 Å². The van der Waals surface area contributed by atoms with Crippen molar-refractivity contribution in [3.05, 3.63) is 42.0 Å². The van der Waals surface area contributed by atoms with Crippen LogP contribution < -0.4 is 4.90 Å². The number of carbonyl (C=O) groups is 2. The van der Waals surface area contributed by atoms with E-state index in [9.17, 15) is 9.59 Å². The molecule has 3 heteroatoms. The van der Waals surface area contributed by atoms with Crippen LogP contribution in [0.5, 0.6) is 0 Å². The second-order valence-electron chi connectivity index (χ2n) is 7.29. The molecule has 1 fully saturated rings. The minimum atomic E-state index is -0.556. The third kappa shape index (κ3) is 2.62. The van der Waals surface area contributed by atoms with E-state index in [2.05, 4.69) is 13.5 Å². The summed E-state index contributed by atoms with van der Waals surface area (Å²) in [6, 6.07) is 7.43. The molecular formula is C20H25NO2. The van der Waals surface area contributed by atoms with Crippen LogP contribution in [0.1, 0.15) is 43.5 Å². The number of hydrogen-bond acceptors (Lipinski definition) is 2. The zero-order chi connectivity index (χ0) is 16.7. The van der Waals surface area contributed by atoms with E-state index in [4.69, 9.17) is 0 Å². The van der Waals surface area contributed by atoms with Crippen molar-refractivity contribution in [2.45, 2.75) is 33.1 Å². The molecule has 3 rings (SSSR count). The summed E-state index contributed by atoms with van der Waals surface area (Å²) in [6.07, 6.45) is 3.11. The highest BCUT2D eigenvalue weighted by Gasteiger charge is 2.46. The van der Waals surface area contributed by atoms with Crippen molar-refractivity contribution in [3.63, 3.8) is 0 Å². The normalized spacial score (nSPS) is 31.0. The molecule has 1 aromatic carbocycles. The predicted molar refractivity (Wildman–Crippen MR) is 92.5 cm³/mol. The lowest BCUT2D eigenvalue weighted by Gasteiger charge is -2.42. The van der Waals surface area contributed by atoms with E-state index in [1.54, 1.807) is 11.9 Å². The van der Waals surface area contributed by atoms with Crippen LogP contribution >= 0.6 is 0 Å². The highest BCUT2D eigenvalue weighted by atomic mass is 16.2. The number of Topliss-reactive ketones (excluding diaryl/α,β-unsaturated/α-hetero) is 1. The molecular weight excluding hydrogens is 286 g/mol. The van der Waals surface area contributed by atoms with E-state index in [0.717, 1.165) is 30.5 Å². The van der Waals surface area contributed by atoms with Crippen molar-refractivity contribution in [1.82, 2.24) is 0 Å². The van der Waals surface area contributed by atoms with E-state index >= 15 is 0 Å². The first-order valence-corrected chi connectivity index (χ1v) is 8.48. The van der Waals surface area contributed by atoms with Crippen LogP contribution in [0.3, 0.4) is 0 Å². The quantitative estimate of drug-likeness (QED) is 0.609. The molecule has 1 amide bonds. The number of benzene rings is 1. The molecule has 4 atom stereocenters. The van der Waals surface area contributed by atoms with E-state index in [1.807, 2.05) is 31.2 Å². The number of para-hydroxylation sites is 1. The summed E-state index contributed by atoms with van der Waals surface area (Å²) in [4.78, 5) is 27.7. The van der Waals surface area contributed by atoms with Gasteiger partial charge in [0.25, 0.3) is 0 Å². The summed E-state index contributed by atoms with van der Waals surface area (Å²) in [5, 5.41) is 0.